The fourth-order valence-corrected chi connectivity index (χ4v) is 4.29. The molecule has 1 atom stereocenters. The Bertz CT molecular complexity index is 696. The minimum absolute atomic E-state index is 0.0912. The number of rotatable bonds is 4. The van der Waals surface area contributed by atoms with Crippen LogP contribution in [0.25, 0.3) is 10.2 Å². The first-order chi connectivity index (χ1) is 10.0. The fourth-order valence-electron chi connectivity index (χ4n) is 2.86. The number of nitrogens with one attached hydrogen (secondary N) is 1. The fraction of sp³-hybridized carbons (Fsp3) is 0.533. The molecule has 1 aliphatic rings. The van der Waals surface area contributed by atoms with Crippen molar-refractivity contribution in [1.29, 1.82) is 0 Å². The first-order valence-corrected chi connectivity index (χ1v) is 8.10. The summed E-state index contributed by atoms with van der Waals surface area (Å²) in [5, 5.41) is 13.1. The van der Waals surface area contributed by atoms with Gasteiger partial charge in [-0.2, -0.15) is 0 Å². The quantitative estimate of drug-likeness (QED) is 0.908. The molecule has 0 aromatic carbocycles. The highest BCUT2D eigenvalue weighted by Gasteiger charge is 2.23. The van der Waals surface area contributed by atoms with Crippen molar-refractivity contribution < 1.29 is 9.90 Å². The lowest BCUT2D eigenvalue weighted by atomic mass is 9.89. The lowest BCUT2D eigenvalue weighted by molar-refractivity contribution is -0.136. The Morgan fingerprint density at radius 1 is 1.48 bits per heavy atom. The van der Waals surface area contributed by atoms with E-state index in [9.17, 15) is 4.79 Å². The number of carbonyl (C=O) groups is 1. The molecule has 1 aliphatic carbocycles. The van der Waals surface area contributed by atoms with Crippen molar-refractivity contribution in [1.82, 2.24) is 9.97 Å². The smallest absolute Gasteiger partial charge is 0.305 e. The van der Waals surface area contributed by atoms with Gasteiger partial charge >= 0.3 is 5.97 Å². The summed E-state index contributed by atoms with van der Waals surface area (Å²) < 4.78 is 0. The van der Waals surface area contributed by atoms with Crippen molar-refractivity contribution in [2.75, 3.05) is 11.9 Å². The maximum atomic E-state index is 10.7. The maximum absolute atomic E-state index is 10.7. The Morgan fingerprint density at radius 3 is 3.05 bits per heavy atom. The van der Waals surface area contributed by atoms with Crippen LogP contribution in [0.5, 0.6) is 0 Å². The van der Waals surface area contributed by atoms with Crippen LogP contribution < -0.4 is 5.32 Å². The Hall–Kier alpha value is -1.69. The number of anilines is 1. The first kappa shape index (κ1) is 14.3. The third-order valence-corrected chi connectivity index (χ3v) is 5.05. The molecule has 0 fully saturated rings. The predicted molar refractivity (Wildman–Crippen MR) is 84.1 cm³/mol. The zero-order valence-electron chi connectivity index (χ0n) is 12.3. The van der Waals surface area contributed by atoms with Crippen LogP contribution in [0.4, 0.5) is 5.82 Å². The van der Waals surface area contributed by atoms with E-state index < -0.39 is 5.97 Å². The van der Waals surface area contributed by atoms with Crippen molar-refractivity contribution in [3.8, 4) is 0 Å². The van der Waals surface area contributed by atoms with Crippen LogP contribution >= 0.6 is 11.3 Å². The second-order valence-electron chi connectivity index (χ2n) is 5.72. The third-order valence-electron chi connectivity index (χ3n) is 3.90. The highest BCUT2D eigenvalue weighted by Crippen LogP contribution is 2.39. The molecule has 5 nitrogen and oxygen atoms in total. The summed E-state index contributed by atoms with van der Waals surface area (Å²) in [5.74, 6) is 1.45. The molecule has 2 aromatic rings. The lowest BCUT2D eigenvalue weighted by Crippen LogP contribution is -2.11. The van der Waals surface area contributed by atoms with Gasteiger partial charge < -0.3 is 10.4 Å². The van der Waals surface area contributed by atoms with Crippen LogP contribution in [-0.2, 0) is 17.6 Å². The van der Waals surface area contributed by atoms with Gasteiger partial charge in [0.05, 0.1) is 11.8 Å². The zero-order valence-corrected chi connectivity index (χ0v) is 13.1. The molecule has 0 saturated heterocycles. The van der Waals surface area contributed by atoms with Crippen LogP contribution in [0.1, 0.15) is 36.0 Å². The van der Waals surface area contributed by atoms with E-state index in [-0.39, 0.29) is 6.42 Å². The number of nitrogens with zero attached hydrogens (tertiary/aromatic N) is 2. The molecule has 2 aromatic heterocycles. The number of hydrogen-bond acceptors (Lipinski definition) is 5. The third kappa shape index (κ3) is 2.85. The van der Waals surface area contributed by atoms with E-state index in [1.165, 1.54) is 16.9 Å². The van der Waals surface area contributed by atoms with E-state index in [0.29, 0.717) is 6.54 Å². The van der Waals surface area contributed by atoms with Gasteiger partial charge in [-0.05, 0) is 37.7 Å². The zero-order chi connectivity index (χ0) is 15.0. The van der Waals surface area contributed by atoms with Gasteiger partial charge in [0.25, 0.3) is 0 Å². The molecule has 2 heterocycles. The van der Waals surface area contributed by atoms with E-state index in [2.05, 4.69) is 22.2 Å². The van der Waals surface area contributed by atoms with Crippen molar-refractivity contribution in [3.63, 3.8) is 0 Å². The van der Waals surface area contributed by atoms with E-state index in [1.54, 1.807) is 11.3 Å². The lowest BCUT2D eigenvalue weighted by Gasteiger charge is -2.18. The molecule has 1 unspecified atom stereocenters. The number of aryl methyl sites for hydroxylation is 2. The summed E-state index contributed by atoms with van der Waals surface area (Å²) in [6.07, 6.45) is 3.47. The normalized spacial score (nSPS) is 17.7. The minimum atomic E-state index is -0.800. The molecule has 6 heteroatoms. The SMILES string of the molecule is Cc1nc(NCCC(=O)O)c2c3c(sc2n1)CC(C)CC3. The Balaban J connectivity index is 2.00. The number of aliphatic carboxylic acids is 1. The number of hydrogen-bond donors (Lipinski definition) is 2. The molecule has 112 valence electrons. The van der Waals surface area contributed by atoms with Gasteiger partial charge in [0.15, 0.2) is 0 Å². The Morgan fingerprint density at radius 2 is 2.29 bits per heavy atom. The number of aromatic nitrogens is 2. The van der Waals surface area contributed by atoms with Crippen molar-refractivity contribution in [2.45, 2.75) is 39.5 Å². The second kappa shape index (κ2) is 5.60. The molecule has 0 spiro atoms. The predicted octanol–water partition coefficient (Wildman–Crippen LogP) is 3.01. The van der Waals surface area contributed by atoms with E-state index in [1.807, 2.05) is 6.92 Å². The summed E-state index contributed by atoms with van der Waals surface area (Å²) in [5.41, 5.74) is 1.37. The molecule has 3 rings (SSSR count). The maximum Gasteiger partial charge on any atom is 0.305 e. The number of fused-ring (bicyclic) bond motifs is 3. The molecule has 0 bridgehead atoms. The van der Waals surface area contributed by atoms with Gasteiger partial charge in [-0.25, -0.2) is 9.97 Å². The van der Waals surface area contributed by atoms with Gasteiger partial charge in [-0.1, -0.05) is 6.92 Å². The monoisotopic (exact) mass is 305 g/mol. The number of carboxylic acid groups (broad SMARTS) is 1. The van der Waals surface area contributed by atoms with Crippen molar-refractivity contribution in [2.24, 2.45) is 5.92 Å². The van der Waals surface area contributed by atoms with Gasteiger partial charge in [0.2, 0.25) is 0 Å². The standard InChI is InChI=1S/C15H19N3O2S/c1-8-3-4-10-11(7-8)21-15-13(10)14(17-9(2)18-15)16-6-5-12(19)20/h8H,3-7H2,1-2H3,(H,19,20)(H,16,17,18). The van der Waals surface area contributed by atoms with Crippen molar-refractivity contribution in [3.05, 3.63) is 16.3 Å². The molecule has 2 N–H and O–H groups in total. The minimum Gasteiger partial charge on any atom is -0.481 e. The molecular formula is C15H19N3O2S. The summed E-state index contributed by atoms with van der Waals surface area (Å²) >= 11 is 1.76. The molecule has 0 amide bonds. The second-order valence-corrected chi connectivity index (χ2v) is 6.81. The Labute approximate surface area is 127 Å². The summed E-state index contributed by atoms with van der Waals surface area (Å²) in [7, 11) is 0. The van der Waals surface area contributed by atoms with E-state index in [0.717, 1.165) is 40.6 Å². The van der Waals surface area contributed by atoms with Crippen LogP contribution in [0.3, 0.4) is 0 Å². The van der Waals surface area contributed by atoms with Crippen molar-refractivity contribution >= 4 is 33.3 Å². The topological polar surface area (TPSA) is 75.1 Å². The molecule has 21 heavy (non-hydrogen) atoms. The van der Waals surface area contributed by atoms with Gasteiger partial charge in [-0.3, -0.25) is 4.79 Å². The highest BCUT2D eigenvalue weighted by molar-refractivity contribution is 7.19. The summed E-state index contributed by atoms with van der Waals surface area (Å²) in [4.78, 5) is 22.2. The van der Waals surface area contributed by atoms with Crippen LogP contribution in [0.15, 0.2) is 0 Å². The largest absolute Gasteiger partial charge is 0.481 e. The van der Waals surface area contributed by atoms with Gasteiger partial charge in [-0.15, -0.1) is 11.3 Å². The summed E-state index contributed by atoms with van der Waals surface area (Å²) in [6.45, 7) is 4.56. The van der Waals surface area contributed by atoms with Gasteiger partial charge in [0, 0.05) is 11.4 Å². The summed E-state index contributed by atoms with van der Waals surface area (Å²) in [6, 6.07) is 0. The average molecular weight is 305 g/mol. The van der Waals surface area contributed by atoms with Gasteiger partial charge in [0.1, 0.15) is 16.5 Å². The number of carboxylic acids is 1. The molecule has 0 saturated carbocycles. The van der Waals surface area contributed by atoms with Crippen LogP contribution in [0, 0.1) is 12.8 Å². The molecule has 0 radical (unpaired) electrons. The Kier molecular flexibility index (Phi) is 3.80. The first-order valence-electron chi connectivity index (χ1n) is 7.29. The average Bonchev–Trinajstić information content (AvgIpc) is 2.74. The van der Waals surface area contributed by atoms with E-state index in [4.69, 9.17) is 5.11 Å². The van der Waals surface area contributed by atoms with Crippen LogP contribution in [0.2, 0.25) is 0 Å². The highest BCUT2D eigenvalue weighted by atomic mass is 32.1. The number of thiophene rings is 1. The molecular weight excluding hydrogens is 286 g/mol. The van der Waals surface area contributed by atoms with E-state index >= 15 is 0 Å². The molecule has 0 aliphatic heterocycles. The van der Waals surface area contributed by atoms with Crippen LogP contribution in [-0.4, -0.2) is 27.6 Å².